The minimum absolute atomic E-state index is 0.0811. The van der Waals surface area contributed by atoms with E-state index in [1.54, 1.807) is 12.1 Å². The fourth-order valence-corrected chi connectivity index (χ4v) is 2.08. The highest BCUT2D eigenvalue weighted by Crippen LogP contribution is 2.18. The molecular weight excluding hydrogens is 266 g/mol. The quantitative estimate of drug-likeness (QED) is 0.914. The molecule has 2 rings (SSSR count). The van der Waals surface area contributed by atoms with Crippen LogP contribution in [0.5, 0.6) is 5.75 Å². The number of amides is 1. The molecule has 0 aliphatic heterocycles. The van der Waals surface area contributed by atoms with E-state index in [9.17, 15) is 4.79 Å². The van der Waals surface area contributed by atoms with Crippen LogP contribution >= 0.6 is 0 Å². The minimum Gasteiger partial charge on any atom is -0.486 e. The summed E-state index contributed by atoms with van der Waals surface area (Å²) in [5, 5.41) is 2.79. The maximum Gasteiger partial charge on any atom is 0.287 e. The summed E-state index contributed by atoms with van der Waals surface area (Å²) in [6.45, 7) is 8.18. The Morgan fingerprint density at radius 3 is 2.48 bits per heavy atom. The van der Waals surface area contributed by atoms with Crippen molar-refractivity contribution >= 4 is 5.91 Å². The van der Waals surface area contributed by atoms with Gasteiger partial charge in [0, 0.05) is 6.04 Å². The zero-order chi connectivity index (χ0) is 15.4. The molecule has 4 nitrogen and oxygen atoms in total. The summed E-state index contributed by atoms with van der Waals surface area (Å²) >= 11 is 0. The third-order valence-corrected chi connectivity index (χ3v) is 2.88. The molecule has 4 heteroatoms. The Bertz CT molecular complexity index is 608. The molecule has 0 radical (unpaired) electrons. The van der Waals surface area contributed by atoms with Crippen molar-refractivity contribution in [2.75, 3.05) is 0 Å². The average Bonchev–Trinajstić information content (AvgIpc) is 2.83. The molecule has 1 aromatic heterocycles. The predicted octanol–water partition coefficient (Wildman–Crippen LogP) is 3.61. The van der Waals surface area contributed by atoms with Crippen molar-refractivity contribution in [1.29, 1.82) is 0 Å². The average molecular weight is 287 g/mol. The van der Waals surface area contributed by atoms with Gasteiger partial charge in [0.15, 0.2) is 5.76 Å². The molecule has 1 amide bonds. The van der Waals surface area contributed by atoms with Gasteiger partial charge in [-0.15, -0.1) is 0 Å². The van der Waals surface area contributed by atoms with Crippen molar-refractivity contribution in [2.24, 2.45) is 0 Å². The maximum absolute atomic E-state index is 11.8. The van der Waals surface area contributed by atoms with Gasteiger partial charge in [0.2, 0.25) is 0 Å². The second-order valence-corrected chi connectivity index (χ2v) is 5.51. The number of furan rings is 1. The lowest BCUT2D eigenvalue weighted by atomic mass is 10.1. The highest BCUT2D eigenvalue weighted by molar-refractivity contribution is 5.91. The lowest BCUT2D eigenvalue weighted by Crippen LogP contribution is -2.29. The van der Waals surface area contributed by atoms with E-state index in [2.05, 4.69) is 11.4 Å². The molecule has 0 aliphatic carbocycles. The van der Waals surface area contributed by atoms with Crippen LogP contribution in [-0.2, 0) is 6.61 Å². The predicted molar refractivity (Wildman–Crippen MR) is 81.6 cm³/mol. The number of benzene rings is 1. The summed E-state index contributed by atoms with van der Waals surface area (Å²) in [7, 11) is 0. The van der Waals surface area contributed by atoms with Gasteiger partial charge in [0.1, 0.15) is 18.1 Å². The van der Waals surface area contributed by atoms with Gasteiger partial charge >= 0.3 is 0 Å². The maximum atomic E-state index is 11.8. The van der Waals surface area contributed by atoms with Crippen molar-refractivity contribution in [2.45, 2.75) is 40.3 Å². The number of aryl methyl sites for hydroxylation is 2. The van der Waals surface area contributed by atoms with Gasteiger partial charge in [0.25, 0.3) is 5.91 Å². The molecule has 0 atom stereocenters. The minimum atomic E-state index is -0.206. The summed E-state index contributed by atoms with van der Waals surface area (Å²) < 4.78 is 11.2. The molecule has 1 heterocycles. The fourth-order valence-electron chi connectivity index (χ4n) is 2.08. The highest BCUT2D eigenvalue weighted by atomic mass is 16.5. The van der Waals surface area contributed by atoms with Crippen LogP contribution in [-0.4, -0.2) is 11.9 Å². The van der Waals surface area contributed by atoms with Crippen molar-refractivity contribution in [3.63, 3.8) is 0 Å². The summed E-state index contributed by atoms with van der Waals surface area (Å²) in [5.74, 6) is 1.53. The van der Waals surface area contributed by atoms with Gasteiger partial charge in [-0.3, -0.25) is 4.79 Å². The number of carbonyl (C=O) groups excluding carboxylic acids is 1. The van der Waals surface area contributed by atoms with Crippen molar-refractivity contribution in [3.05, 3.63) is 53.0 Å². The molecule has 0 saturated heterocycles. The molecule has 0 saturated carbocycles. The van der Waals surface area contributed by atoms with Gasteiger partial charge in [-0.2, -0.15) is 0 Å². The van der Waals surface area contributed by atoms with E-state index in [0.29, 0.717) is 18.1 Å². The number of nitrogens with one attached hydrogen (secondary N) is 1. The second kappa shape index (κ2) is 6.48. The number of hydrogen-bond acceptors (Lipinski definition) is 3. The third kappa shape index (κ3) is 4.38. The van der Waals surface area contributed by atoms with E-state index in [0.717, 1.165) is 16.9 Å². The van der Waals surface area contributed by atoms with Crippen molar-refractivity contribution in [1.82, 2.24) is 5.32 Å². The zero-order valence-electron chi connectivity index (χ0n) is 12.9. The lowest BCUT2D eigenvalue weighted by Gasteiger charge is -2.07. The second-order valence-electron chi connectivity index (χ2n) is 5.51. The Labute approximate surface area is 125 Å². The monoisotopic (exact) mass is 287 g/mol. The van der Waals surface area contributed by atoms with Gasteiger partial charge in [-0.1, -0.05) is 6.07 Å². The number of rotatable bonds is 5. The van der Waals surface area contributed by atoms with Crippen molar-refractivity contribution in [3.8, 4) is 5.75 Å². The van der Waals surface area contributed by atoms with E-state index >= 15 is 0 Å². The number of hydrogen-bond donors (Lipinski definition) is 1. The normalized spacial score (nSPS) is 10.7. The molecule has 0 spiro atoms. The Balaban J connectivity index is 1.98. The van der Waals surface area contributed by atoms with Gasteiger partial charge in [-0.25, -0.2) is 0 Å². The molecule has 0 aliphatic rings. The first-order valence-electron chi connectivity index (χ1n) is 7.04. The van der Waals surface area contributed by atoms with E-state index in [1.807, 2.05) is 39.8 Å². The standard InChI is InChI=1S/C17H21NO3/c1-11(2)18-17(19)16-6-5-14(21-16)10-20-15-8-12(3)7-13(4)9-15/h5-9,11H,10H2,1-4H3,(H,18,19). The van der Waals surface area contributed by atoms with Crippen LogP contribution in [0.1, 0.15) is 41.3 Å². The number of carbonyl (C=O) groups is 1. The first kappa shape index (κ1) is 15.2. The van der Waals surface area contributed by atoms with E-state index in [4.69, 9.17) is 9.15 Å². The topological polar surface area (TPSA) is 51.5 Å². The molecular formula is C17H21NO3. The Hall–Kier alpha value is -2.23. The Morgan fingerprint density at radius 2 is 1.86 bits per heavy atom. The van der Waals surface area contributed by atoms with Gasteiger partial charge in [0.05, 0.1) is 0 Å². The SMILES string of the molecule is Cc1cc(C)cc(OCc2ccc(C(=O)NC(C)C)o2)c1. The van der Waals surface area contributed by atoms with Crippen LogP contribution in [0.15, 0.2) is 34.7 Å². The molecule has 1 N–H and O–H groups in total. The summed E-state index contributed by atoms with van der Waals surface area (Å²) in [4.78, 5) is 11.8. The van der Waals surface area contributed by atoms with E-state index in [-0.39, 0.29) is 11.9 Å². The van der Waals surface area contributed by atoms with Crippen molar-refractivity contribution < 1.29 is 13.9 Å². The van der Waals surface area contributed by atoms with Gasteiger partial charge in [-0.05, 0) is 63.1 Å². The van der Waals surface area contributed by atoms with Crippen LogP contribution in [0.2, 0.25) is 0 Å². The highest BCUT2D eigenvalue weighted by Gasteiger charge is 2.12. The molecule has 1 aromatic carbocycles. The molecule has 0 bridgehead atoms. The van der Waals surface area contributed by atoms with Crippen LogP contribution < -0.4 is 10.1 Å². The van der Waals surface area contributed by atoms with Crippen LogP contribution in [0, 0.1) is 13.8 Å². The van der Waals surface area contributed by atoms with Crippen LogP contribution in [0.4, 0.5) is 0 Å². The third-order valence-electron chi connectivity index (χ3n) is 2.88. The first-order chi connectivity index (χ1) is 9.94. The molecule has 2 aromatic rings. The molecule has 112 valence electrons. The fraction of sp³-hybridized carbons (Fsp3) is 0.353. The Morgan fingerprint density at radius 1 is 1.19 bits per heavy atom. The van der Waals surface area contributed by atoms with E-state index < -0.39 is 0 Å². The molecule has 0 unspecified atom stereocenters. The number of ether oxygens (including phenoxy) is 1. The molecule has 0 fully saturated rings. The van der Waals surface area contributed by atoms with E-state index in [1.165, 1.54) is 0 Å². The summed E-state index contributed by atoms with van der Waals surface area (Å²) in [6, 6.07) is 9.55. The van der Waals surface area contributed by atoms with Gasteiger partial charge < -0.3 is 14.5 Å². The largest absolute Gasteiger partial charge is 0.486 e. The Kier molecular flexibility index (Phi) is 4.68. The van der Waals surface area contributed by atoms with Crippen LogP contribution in [0.3, 0.4) is 0 Å². The molecule has 21 heavy (non-hydrogen) atoms. The van der Waals surface area contributed by atoms with Crippen LogP contribution in [0.25, 0.3) is 0 Å². The lowest BCUT2D eigenvalue weighted by molar-refractivity contribution is 0.0911. The smallest absolute Gasteiger partial charge is 0.287 e. The first-order valence-corrected chi connectivity index (χ1v) is 7.04. The summed E-state index contributed by atoms with van der Waals surface area (Å²) in [6.07, 6.45) is 0. The summed E-state index contributed by atoms with van der Waals surface area (Å²) in [5.41, 5.74) is 2.31. The zero-order valence-corrected chi connectivity index (χ0v) is 12.9.